The molecule has 1 saturated heterocycles. The lowest BCUT2D eigenvalue weighted by Crippen LogP contribution is -3.14. The van der Waals surface area contributed by atoms with E-state index < -0.39 is 0 Å². The van der Waals surface area contributed by atoms with Gasteiger partial charge in [0.15, 0.2) is 5.82 Å². The van der Waals surface area contributed by atoms with Gasteiger partial charge in [0.1, 0.15) is 5.75 Å². The van der Waals surface area contributed by atoms with Crippen LogP contribution in [0.1, 0.15) is 13.8 Å². The molecule has 1 atom stereocenters. The number of aromatic amines is 1. The summed E-state index contributed by atoms with van der Waals surface area (Å²) in [5, 5.41) is 7.59. The molecule has 2 heterocycles. The summed E-state index contributed by atoms with van der Waals surface area (Å²) >= 11 is 1.40. The van der Waals surface area contributed by atoms with Crippen molar-refractivity contribution in [2.75, 3.05) is 39.8 Å². The first-order valence-corrected chi connectivity index (χ1v) is 9.84. The predicted octanol–water partition coefficient (Wildman–Crippen LogP) is 0.708. The molecule has 1 amide bonds. The molecule has 3 rings (SSSR count). The van der Waals surface area contributed by atoms with Crippen molar-refractivity contribution in [1.82, 2.24) is 20.1 Å². The quantitative estimate of drug-likeness (QED) is 0.726. The van der Waals surface area contributed by atoms with Crippen LogP contribution in [-0.4, -0.2) is 71.1 Å². The number of methoxy groups -OCH3 is 1. The SMILES string of the molecule is CC[NH+]1CCN(C(=O)[C@H](C)Sc2n[nH]c(-c3ccc(OC)cc3)n2)CC1. The van der Waals surface area contributed by atoms with Gasteiger partial charge in [-0.2, -0.15) is 0 Å². The van der Waals surface area contributed by atoms with Crippen LogP contribution >= 0.6 is 11.8 Å². The van der Waals surface area contributed by atoms with E-state index in [1.165, 1.54) is 11.8 Å². The summed E-state index contributed by atoms with van der Waals surface area (Å²) in [6.07, 6.45) is 0. The number of amides is 1. The smallest absolute Gasteiger partial charge is 0.236 e. The van der Waals surface area contributed by atoms with E-state index >= 15 is 0 Å². The number of carbonyl (C=O) groups is 1. The van der Waals surface area contributed by atoms with Crippen LogP contribution in [0.25, 0.3) is 11.4 Å². The molecule has 1 aliphatic rings. The van der Waals surface area contributed by atoms with Crippen molar-refractivity contribution in [2.45, 2.75) is 24.3 Å². The predicted molar refractivity (Wildman–Crippen MR) is 102 cm³/mol. The molecule has 0 saturated carbocycles. The van der Waals surface area contributed by atoms with E-state index in [4.69, 9.17) is 4.74 Å². The Morgan fingerprint density at radius 1 is 1.35 bits per heavy atom. The molecule has 1 fully saturated rings. The Hall–Kier alpha value is -2.06. The van der Waals surface area contributed by atoms with Gasteiger partial charge in [0.25, 0.3) is 0 Å². The largest absolute Gasteiger partial charge is 0.497 e. The van der Waals surface area contributed by atoms with E-state index in [0.29, 0.717) is 11.0 Å². The van der Waals surface area contributed by atoms with Gasteiger partial charge in [0.2, 0.25) is 11.1 Å². The summed E-state index contributed by atoms with van der Waals surface area (Å²) in [5.74, 6) is 1.66. The lowest BCUT2D eigenvalue weighted by Gasteiger charge is -2.32. The maximum absolute atomic E-state index is 12.7. The highest BCUT2D eigenvalue weighted by Gasteiger charge is 2.27. The zero-order chi connectivity index (χ0) is 18.5. The van der Waals surface area contributed by atoms with E-state index in [1.807, 2.05) is 36.1 Å². The van der Waals surface area contributed by atoms with Crippen LogP contribution < -0.4 is 9.64 Å². The second-order valence-corrected chi connectivity index (χ2v) is 7.69. The number of hydrogen-bond acceptors (Lipinski definition) is 5. The first-order chi connectivity index (χ1) is 12.6. The molecule has 0 radical (unpaired) electrons. The first kappa shape index (κ1) is 18.7. The Balaban J connectivity index is 1.58. The summed E-state index contributed by atoms with van der Waals surface area (Å²) in [5.41, 5.74) is 0.933. The molecule has 1 aliphatic heterocycles. The molecule has 26 heavy (non-hydrogen) atoms. The molecule has 1 aromatic carbocycles. The fourth-order valence-corrected chi connectivity index (χ4v) is 3.85. The number of nitrogens with zero attached hydrogens (tertiary/aromatic N) is 3. The van der Waals surface area contributed by atoms with Gasteiger partial charge in [-0.15, -0.1) is 5.10 Å². The Morgan fingerprint density at radius 3 is 2.65 bits per heavy atom. The topological polar surface area (TPSA) is 75.5 Å². The van der Waals surface area contributed by atoms with E-state index in [0.717, 1.165) is 44.0 Å². The monoisotopic (exact) mass is 376 g/mol. The third-order valence-corrected chi connectivity index (χ3v) is 5.69. The van der Waals surface area contributed by atoms with Crippen LogP contribution in [0.3, 0.4) is 0 Å². The fraction of sp³-hybridized carbons (Fsp3) is 0.500. The lowest BCUT2D eigenvalue weighted by molar-refractivity contribution is -0.902. The normalized spacial score (nSPS) is 16.5. The van der Waals surface area contributed by atoms with E-state index in [1.54, 1.807) is 12.0 Å². The highest BCUT2D eigenvalue weighted by atomic mass is 32.2. The van der Waals surface area contributed by atoms with Crippen molar-refractivity contribution >= 4 is 17.7 Å². The zero-order valence-electron chi connectivity index (χ0n) is 15.5. The number of rotatable bonds is 6. The van der Waals surface area contributed by atoms with Crippen molar-refractivity contribution in [1.29, 1.82) is 0 Å². The summed E-state index contributed by atoms with van der Waals surface area (Å²) in [4.78, 5) is 20.7. The van der Waals surface area contributed by atoms with E-state index in [9.17, 15) is 4.79 Å². The van der Waals surface area contributed by atoms with Crippen LogP contribution in [-0.2, 0) is 4.79 Å². The van der Waals surface area contributed by atoms with Crippen LogP contribution in [0.15, 0.2) is 29.4 Å². The highest BCUT2D eigenvalue weighted by molar-refractivity contribution is 8.00. The average molecular weight is 377 g/mol. The van der Waals surface area contributed by atoms with Gasteiger partial charge in [-0.05, 0) is 38.1 Å². The van der Waals surface area contributed by atoms with Gasteiger partial charge in [-0.25, -0.2) is 4.98 Å². The minimum Gasteiger partial charge on any atom is -0.497 e. The minimum atomic E-state index is -0.197. The van der Waals surface area contributed by atoms with Crippen LogP contribution in [0.5, 0.6) is 5.75 Å². The number of benzene rings is 1. The molecule has 0 bridgehead atoms. The van der Waals surface area contributed by atoms with Crippen molar-refractivity contribution in [3.05, 3.63) is 24.3 Å². The minimum absolute atomic E-state index is 0.168. The standard InChI is InChI=1S/C18H25N5O2S/c1-4-22-9-11-23(12-10-22)17(24)13(2)26-18-19-16(20-21-18)14-5-7-15(25-3)8-6-14/h5-8,13H,4,9-12H2,1-3H3,(H,19,20,21)/p+1/t13-/m0/s1. The fourth-order valence-electron chi connectivity index (χ4n) is 3.04. The maximum atomic E-state index is 12.7. The third kappa shape index (κ3) is 4.37. The molecule has 1 aromatic heterocycles. The van der Waals surface area contributed by atoms with Gasteiger partial charge in [0.05, 0.1) is 45.1 Å². The number of H-pyrrole nitrogens is 1. The Morgan fingerprint density at radius 2 is 2.04 bits per heavy atom. The molecule has 8 heteroatoms. The molecule has 7 nitrogen and oxygen atoms in total. The molecule has 140 valence electrons. The van der Waals surface area contributed by atoms with E-state index in [2.05, 4.69) is 22.1 Å². The molecule has 2 N–H and O–H groups in total. The van der Waals surface area contributed by atoms with Gasteiger partial charge >= 0.3 is 0 Å². The van der Waals surface area contributed by atoms with E-state index in [-0.39, 0.29) is 11.2 Å². The molecule has 0 aliphatic carbocycles. The summed E-state index contributed by atoms with van der Waals surface area (Å²) < 4.78 is 5.17. The van der Waals surface area contributed by atoms with Gasteiger partial charge < -0.3 is 14.5 Å². The van der Waals surface area contributed by atoms with Crippen LogP contribution in [0.2, 0.25) is 0 Å². The Labute approximate surface area is 158 Å². The zero-order valence-corrected chi connectivity index (χ0v) is 16.3. The number of aromatic nitrogens is 3. The highest BCUT2D eigenvalue weighted by Crippen LogP contribution is 2.24. The first-order valence-electron chi connectivity index (χ1n) is 8.96. The third-order valence-electron chi connectivity index (χ3n) is 4.74. The Bertz CT molecular complexity index is 725. The number of hydrogen-bond donors (Lipinski definition) is 2. The van der Waals surface area contributed by atoms with Crippen LogP contribution in [0, 0.1) is 0 Å². The van der Waals surface area contributed by atoms with Gasteiger partial charge in [-0.3, -0.25) is 9.89 Å². The van der Waals surface area contributed by atoms with Gasteiger partial charge in [0, 0.05) is 5.56 Å². The average Bonchev–Trinajstić information content (AvgIpc) is 3.16. The lowest BCUT2D eigenvalue weighted by atomic mass is 10.2. The maximum Gasteiger partial charge on any atom is 0.236 e. The molecule has 0 unspecified atom stereocenters. The number of likely N-dealkylation sites (N-methyl/N-ethyl adjacent to an activating group) is 1. The molecule has 2 aromatic rings. The molecular formula is C18H26N5O2S+. The summed E-state index contributed by atoms with van der Waals surface area (Å²) in [6.45, 7) is 8.96. The second kappa shape index (κ2) is 8.55. The number of thioether (sulfide) groups is 1. The van der Waals surface area contributed by atoms with Gasteiger partial charge in [-0.1, -0.05) is 11.8 Å². The van der Waals surface area contributed by atoms with Crippen molar-refractivity contribution in [3.8, 4) is 17.1 Å². The van der Waals surface area contributed by atoms with Crippen molar-refractivity contribution < 1.29 is 14.4 Å². The number of piperazine rings is 1. The number of carbonyl (C=O) groups excluding carboxylic acids is 1. The summed E-state index contributed by atoms with van der Waals surface area (Å²) in [7, 11) is 1.64. The van der Waals surface area contributed by atoms with Crippen LogP contribution in [0.4, 0.5) is 0 Å². The van der Waals surface area contributed by atoms with Crippen molar-refractivity contribution in [3.63, 3.8) is 0 Å². The van der Waals surface area contributed by atoms with Crippen molar-refractivity contribution in [2.24, 2.45) is 0 Å². The Kier molecular flexibility index (Phi) is 6.16. The number of quaternary nitrogens is 1. The number of nitrogens with one attached hydrogen (secondary N) is 2. The second-order valence-electron chi connectivity index (χ2n) is 6.38. The molecular weight excluding hydrogens is 350 g/mol. The number of ether oxygens (including phenoxy) is 1. The summed E-state index contributed by atoms with van der Waals surface area (Å²) in [6, 6.07) is 7.62. The molecule has 0 spiro atoms.